The van der Waals surface area contributed by atoms with E-state index in [2.05, 4.69) is 5.32 Å². The number of carbonyl (C=O) groups excluding carboxylic acids is 1. The van der Waals surface area contributed by atoms with E-state index in [-0.39, 0.29) is 12.0 Å². The molecule has 1 N–H and O–H groups in total. The minimum absolute atomic E-state index is 0.0686. The van der Waals surface area contributed by atoms with Gasteiger partial charge in [0.05, 0.1) is 12.7 Å². The second-order valence-corrected chi connectivity index (χ2v) is 5.98. The molecule has 4 nitrogen and oxygen atoms in total. The van der Waals surface area contributed by atoms with Gasteiger partial charge in [-0.3, -0.25) is 4.79 Å². The number of ether oxygens (including phenoxy) is 2. The summed E-state index contributed by atoms with van der Waals surface area (Å²) in [7, 11) is 0. The van der Waals surface area contributed by atoms with E-state index in [1.165, 1.54) is 0 Å². The van der Waals surface area contributed by atoms with Crippen molar-refractivity contribution in [3.8, 4) is 0 Å². The summed E-state index contributed by atoms with van der Waals surface area (Å²) in [4.78, 5) is 11.7. The number of hydrogen-bond donors (Lipinski definition) is 1. The van der Waals surface area contributed by atoms with E-state index in [9.17, 15) is 4.79 Å². The van der Waals surface area contributed by atoms with Gasteiger partial charge in [-0.15, -0.1) is 0 Å². The fourth-order valence-electron chi connectivity index (χ4n) is 2.43. The molecule has 1 saturated heterocycles. The third kappa shape index (κ3) is 6.77. The highest BCUT2D eigenvalue weighted by molar-refractivity contribution is 6.30. The summed E-state index contributed by atoms with van der Waals surface area (Å²) in [5.74, 6) is 0.0686. The van der Waals surface area contributed by atoms with E-state index >= 15 is 0 Å². The van der Waals surface area contributed by atoms with Gasteiger partial charge in [-0.25, -0.2) is 0 Å². The molecule has 1 atom stereocenters. The lowest BCUT2D eigenvalue weighted by Crippen LogP contribution is -2.26. The zero-order chi connectivity index (χ0) is 15.6. The topological polar surface area (TPSA) is 47.6 Å². The number of hydrogen-bond acceptors (Lipinski definition) is 3. The SMILES string of the molecule is O=C(CCc1cccc(Cl)c1)NCCCOCC1CCCO1. The smallest absolute Gasteiger partial charge is 0.220 e. The van der Waals surface area contributed by atoms with E-state index in [4.69, 9.17) is 21.1 Å². The van der Waals surface area contributed by atoms with Crippen molar-refractivity contribution in [2.75, 3.05) is 26.4 Å². The first-order chi connectivity index (χ1) is 10.7. The fraction of sp³-hybridized carbons (Fsp3) is 0.588. The number of benzene rings is 1. The lowest BCUT2D eigenvalue weighted by Gasteiger charge is -2.10. The highest BCUT2D eigenvalue weighted by Gasteiger charge is 2.14. The largest absolute Gasteiger partial charge is 0.379 e. The van der Waals surface area contributed by atoms with Crippen LogP contribution < -0.4 is 5.32 Å². The molecule has 1 aromatic rings. The van der Waals surface area contributed by atoms with Crippen LogP contribution in [0.15, 0.2) is 24.3 Å². The van der Waals surface area contributed by atoms with Crippen LogP contribution in [0, 0.1) is 0 Å². The Labute approximate surface area is 137 Å². The molecule has 0 radical (unpaired) electrons. The molecule has 1 amide bonds. The molecule has 1 heterocycles. The van der Waals surface area contributed by atoms with Gasteiger partial charge in [-0.05, 0) is 43.4 Å². The molecule has 22 heavy (non-hydrogen) atoms. The van der Waals surface area contributed by atoms with Gasteiger partial charge in [-0.1, -0.05) is 23.7 Å². The lowest BCUT2D eigenvalue weighted by molar-refractivity contribution is -0.121. The second-order valence-electron chi connectivity index (χ2n) is 5.54. The van der Waals surface area contributed by atoms with Gasteiger partial charge in [0.25, 0.3) is 0 Å². The first-order valence-corrected chi connectivity index (χ1v) is 8.32. The summed E-state index contributed by atoms with van der Waals surface area (Å²) >= 11 is 5.92. The van der Waals surface area contributed by atoms with Crippen LogP contribution in [-0.2, 0) is 20.7 Å². The first-order valence-electron chi connectivity index (χ1n) is 7.94. The van der Waals surface area contributed by atoms with Crippen LogP contribution in [0.3, 0.4) is 0 Å². The summed E-state index contributed by atoms with van der Waals surface area (Å²) < 4.78 is 11.0. The van der Waals surface area contributed by atoms with Crippen molar-refractivity contribution >= 4 is 17.5 Å². The predicted molar refractivity (Wildman–Crippen MR) is 87.2 cm³/mol. The zero-order valence-electron chi connectivity index (χ0n) is 12.9. The minimum atomic E-state index is 0.0686. The molecule has 5 heteroatoms. The van der Waals surface area contributed by atoms with Crippen molar-refractivity contribution in [3.05, 3.63) is 34.9 Å². The highest BCUT2D eigenvalue weighted by atomic mass is 35.5. The molecular weight excluding hydrogens is 302 g/mol. The van der Waals surface area contributed by atoms with E-state index in [1.54, 1.807) is 0 Å². The molecule has 0 bridgehead atoms. The van der Waals surface area contributed by atoms with E-state index in [0.717, 1.165) is 31.4 Å². The molecule has 1 aliphatic heterocycles. The predicted octanol–water partition coefficient (Wildman–Crippen LogP) is 2.97. The summed E-state index contributed by atoms with van der Waals surface area (Å²) in [6.45, 7) is 2.84. The van der Waals surface area contributed by atoms with E-state index < -0.39 is 0 Å². The van der Waals surface area contributed by atoms with Crippen molar-refractivity contribution < 1.29 is 14.3 Å². The maximum atomic E-state index is 11.7. The van der Waals surface area contributed by atoms with Crippen molar-refractivity contribution in [1.82, 2.24) is 5.32 Å². The quantitative estimate of drug-likeness (QED) is 0.710. The Morgan fingerprint density at radius 1 is 1.45 bits per heavy atom. The summed E-state index contributed by atoms with van der Waals surface area (Å²) in [6, 6.07) is 7.62. The Morgan fingerprint density at radius 2 is 2.36 bits per heavy atom. The third-order valence-electron chi connectivity index (χ3n) is 3.65. The van der Waals surface area contributed by atoms with Crippen LogP contribution in [0.2, 0.25) is 5.02 Å². The van der Waals surface area contributed by atoms with Gasteiger partial charge in [0.15, 0.2) is 0 Å². The van der Waals surface area contributed by atoms with E-state index in [1.807, 2.05) is 24.3 Å². The molecule has 1 aromatic carbocycles. The molecule has 0 saturated carbocycles. The number of rotatable bonds is 9. The van der Waals surface area contributed by atoms with E-state index in [0.29, 0.717) is 37.6 Å². The molecule has 1 fully saturated rings. The average molecular weight is 326 g/mol. The van der Waals surface area contributed by atoms with Gasteiger partial charge in [0.1, 0.15) is 0 Å². The molecule has 0 aromatic heterocycles. The average Bonchev–Trinajstić information content (AvgIpc) is 3.02. The Hall–Kier alpha value is -1.10. The maximum Gasteiger partial charge on any atom is 0.220 e. The molecular formula is C17H24ClNO3. The Bertz CT molecular complexity index is 461. The van der Waals surface area contributed by atoms with Crippen LogP contribution >= 0.6 is 11.6 Å². The Balaban J connectivity index is 1.47. The standard InChI is InChI=1S/C17H24ClNO3/c18-15-5-1-4-14(12-15)7-8-17(20)19-9-3-10-21-13-16-6-2-11-22-16/h1,4-5,12,16H,2-3,6-11,13H2,(H,19,20). The van der Waals surface area contributed by atoms with Crippen LogP contribution in [0.4, 0.5) is 0 Å². The monoisotopic (exact) mass is 325 g/mol. The molecule has 2 rings (SSSR count). The van der Waals surface area contributed by atoms with Gasteiger partial charge < -0.3 is 14.8 Å². The van der Waals surface area contributed by atoms with Crippen LogP contribution in [0.25, 0.3) is 0 Å². The number of nitrogens with one attached hydrogen (secondary N) is 1. The summed E-state index contributed by atoms with van der Waals surface area (Å²) in [5.41, 5.74) is 1.09. The minimum Gasteiger partial charge on any atom is -0.379 e. The van der Waals surface area contributed by atoms with Crippen LogP contribution in [0.5, 0.6) is 0 Å². The summed E-state index contributed by atoms with van der Waals surface area (Å²) in [6.07, 6.45) is 4.53. The number of amides is 1. The van der Waals surface area contributed by atoms with Gasteiger partial charge in [0.2, 0.25) is 5.91 Å². The zero-order valence-corrected chi connectivity index (χ0v) is 13.6. The molecule has 0 spiro atoms. The van der Waals surface area contributed by atoms with Gasteiger partial charge in [-0.2, -0.15) is 0 Å². The van der Waals surface area contributed by atoms with Gasteiger partial charge in [0, 0.05) is 31.2 Å². The lowest BCUT2D eigenvalue weighted by atomic mass is 10.1. The van der Waals surface area contributed by atoms with Crippen molar-refractivity contribution in [3.63, 3.8) is 0 Å². The highest BCUT2D eigenvalue weighted by Crippen LogP contribution is 2.12. The second kappa shape index (κ2) is 9.82. The number of carbonyl (C=O) groups is 1. The number of halogens is 1. The number of aryl methyl sites for hydroxylation is 1. The van der Waals surface area contributed by atoms with Crippen LogP contribution in [-0.4, -0.2) is 38.4 Å². The molecule has 0 aliphatic carbocycles. The fourth-order valence-corrected chi connectivity index (χ4v) is 2.64. The first kappa shape index (κ1) is 17.3. The van der Waals surface area contributed by atoms with Gasteiger partial charge >= 0.3 is 0 Å². The van der Waals surface area contributed by atoms with Crippen molar-refractivity contribution in [1.29, 1.82) is 0 Å². The maximum absolute atomic E-state index is 11.7. The summed E-state index contributed by atoms with van der Waals surface area (Å²) in [5, 5.41) is 3.62. The normalized spacial score (nSPS) is 17.6. The molecule has 1 aliphatic rings. The third-order valence-corrected chi connectivity index (χ3v) is 3.88. The molecule has 1 unspecified atom stereocenters. The molecule has 122 valence electrons. The van der Waals surface area contributed by atoms with Crippen molar-refractivity contribution in [2.24, 2.45) is 0 Å². The Kier molecular flexibility index (Phi) is 7.71. The van der Waals surface area contributed by atoms with Crippen LogP contribution in [0.1, 0.15) is 31.2 Å². The van der Waals surface area contributed by atoms with Crippen molar-refractivity contribution in [2.45, 2.75) is 38.2 Å². The Morgan fingerprint density at radius 3 is 3.14 bits per heavy atom.